The van der Waals surface area contributed by atoms with Crippen LogP contribution >= 0.6 is 0 Å². The van der Waals surface area contributed by atoms with Crippen molar-refractivity contribution < 1.29 is 9.53 Å². The molecular formula is C11H21NO2. The molecule has 0 radical (unpaired) electrons. The van der Waals surface area contributed by atoms with E-state index in [9.17, 15) is 4.79 Å². The number of ether oxygens (including phenoxy) is 1. The fourth-order valence-electron chi connectivity index (χ4n) is 2.19. The van der Waals surface area contributed by atoms with Crippen LogP contribution in [0.25, 0.3) is 0 Å². The molecule has 0 aromatic carbocycles. The number of hydrogen-bond acceptors (Lipinski definition) is 3. The van der Waals surface area contributed by atoms with Gasteiger partial charge in [-0.3, -0.25) is 4.79 Å². The number of esters is 1. The summed E-state index contributed by atoms with van der Waals surface area (Å²) in [5, 5.41) is 3.48. The molecule has 1 aliphatic rings. The fourth-order valence-corrected chi connectivity index (χ4v) is 2.19. The average molecular weight is 199 g/mol. The van der Waals surface area contributed by atoms with Gasteiger partial charge in [-0.2, -0.15) is 0 Å². The molecule has 1 rings (SSSR count). The Morgan fingerprint density at radius 2 is 2.14 bits per heavy atom. The number of hydrogen-bond donors (Lipinski definition) is 1. The number of carbonyl (C=O) groups excluding carboxylic acids is 1. The predicted octanol–water partition coefficient (Wildman–Crippen LogP) is 1.72. The second-order valence-corrected chi connectivity index (χ2v) is 4.40. The van der Waals surface area contributed by atoms with Crippen molar-refractivity contribution in [3.63, 3.8) is 0 Å². The number of carbonyl (C=O) groups is 1. The Morgan fingerprint density at radius 3 is 2.71 bits per heavy atom. The summed E-state index contributed by atoms with van der Waals surface area (Å²) in [4.78, 5) is 11.3. The zero-order valence-corrected chi connectivity index (χ0v) is 9.38. The van der Waals surface area contributed by atoms with Crippen molar-refractivity contribution >= 4 is 5.97 Å². The van der Waals surface area contributed by atoms with Crippen LogP contribution in [0.15, 0.2) is 0 Å². The molecular weight excluding hydrogens is 178 g/mol. The van der Waals surface area contributed by atoms with Crippen molar-refractivity contribution in [3.05, 3.63) is 0 Å². The van der Waals surface area contributed by atoms with Gasteiger partial charge in [0.1, 0.15) is 0 Å². The lowest BCUT2D eigenvalue weighted by molar-refractivity contribution is -0.146. The molecule has 1 aliphatic carbocycles. The molecule has 3 nitrogen and oxygen atoms in total. The summed E-state index contributed by atoms with van der Waals surface area (Å²) in [6, 6.07) is 0.990. The molecule has 82 valence electrons. The predicted molar refractivity (Wildman–Crippen MR) is 56.0 cm³/mol. The third-order valence-corrected chi connectivity index (χ3v) is 2.78. The van der Waals surface area contributed by atoms with E-state index in [1.807, 2.05) is 0 Å². The van der Waals surface area contributed by atoms with Crippen molar-refractivity contribution in [2.45, 2.75) is 51.6 Å². The van der Waals surface area contributed by atoms with Crippen LogP contribution in [-0.4, -0.2) is 25.2 Å². The summed E-state index contributed by atoms with van der Waals surface area (Å²) >= 11 is 0. The maximum Gasteiger partial charge on any atom is 0.308 e. The maximum absolute atomic E-state index is 11.3. The van der Waals surface area contributed by atoms with Gasteiger partial charge in [0, 0.05) is 12.1 Å². The van der Waals surface area contributed by atoms with E-state index >= 15 is 0 Å². The van der Waals surface area contributed by atoms with Gasteiger partial charge in [-0.15, -0.1) is 0 Å². The van der Waals surface area contributed by atoms with E-state index in [1.54, 1.807) is 0 Å². The van der Waals surface area contributed by atoms with E-state index in [0.29, 0.717) is 12.1 Å². The number of nitrogens with one attached hydrogen (secondary N) is 1. The van der Waals surface area contributed by atoms with Gasteiger partial charge in [0.25, 0.3) is 0 Å². The maximum atomic E-state index is 11.3. The summed E-state index contributed by atoms with van der Waals surface area (Å²) < 4.78 is 4.78. The van der Waals surface area contributed by atoms with Crippen LogP contribution in [0.5, 0.6) is 0 Å². The van der Waals surface area contributed by atoms with Crippen molar-refractivity contribution in [3.8, 4) is 0 Å². The Morgan fingerprint density at radius 1 is 1.43 bits per heavy atom. The fraction of sp³-hybridized carbons (Fsp3) is 0.909. The lowest BCUT2D eigenvalue weighted by atomic mass is 9.85. The van der Waals surface area contributed by atoms with Crippen molar-refractivity contribution in [2.24, 2.45) is 5.92 Å². The first-order valence-corrected chi connectivity index (χ1v) is 5.47. The molecule has 0 heterocycles. The molecule has 0 aromatic heterocycles. The molecule has 0 aromatic rings. The molecule has 3 heteroatoms. The minimum atomic E-state index is -0.0414. The van der Waals surface area contributed by atoms with Crippen molar-refractivity contribution in [2.75, 3.05) is 7.11 Å². The zero-order chi connectivity index (χ0) is 10.6. The molecule has 0 aliphatic heterocycles. The molecule has 1 saturated carbocycles. The Balaban J connectivity index is 2.39. The standard InChI is InChI=1S/C11H21NO2/c1-8(2)12-10-6-4-5-9(7-10)11(13)14-3/h8-10,12H,4-7H2,1-3H3. The Hall–Kier alpha value is -0.570. The van der Waals surface area contributed by atoms with E-state index in [-0.39, 0.29) is 11.9 Å². The third kappa shape index (κ3) is 3.29. The summed E-state index contributed by atoms with van der Waals surface area (Å²) in [5.41, 5.74) is 0. The van der Waals surface area contributed by atoms with Crippen molar-refractivity contribution in [1.29, 1.82) is 0 Å². The lowest BCUT2D eigenvalue weighted by Gasteiger charge is -2.29. The van der Waals surface area contributed by atoms with E-state index in [2.05, 4.69) is 19.2 Å². The first-order chi connectivity index (χ1) is 6.63. The molecule has 0 bridgehead atoms. The summed E-state index contributed by atoms with van der Waals surface area (Å²) in [5.74, 6) is 0.0743. The molecule has 0 saturated heterocycles. The van der Waals surface area contributed by atoms with Gasteiger partial charge in [0.2, 0.25) is 0 Å². The minimum absolute atomic E-state index is 0.0414. The third-order valence-electron chi connectivity index (χ3n) is 2.78. The summed E-state index contributed by atoms with van der Waals surface area (Å²) in [7, 11) is 1.47. The molecule has 2 atom stereocenters. The van der Waals surface area contributed by atoms with Gasteiger partial charge in [-0.1, -0.05) is 20.3 Å². The smallest absolute Gasteiger partial charge is 0.308 e. The van der Waals surface area contributed by atoms with Gasteiger partial charge in [0.05, 0.1) is 13.0 Å². The van der Waals surface area contributed by atoms with Gasteiger partial charge >= 0.3 is 5.97 Å². The lowest BCUT2D eigenvalue weighted by Crippen LogP contribution is -2.40. The highest BCUT2D eigenvalue weighted by atomic mass is 16.5. The van der Waals surface area contributed by atoms with Crippen LogP contribution in [-0.2, 0) is 9.53 Å². The first-order valence-electron chi connectivity index (χ1n) is 5.47. The quantitative estimate of drug-likeness (QED) is 0.703. The molecule has 0 spiro atoms. The number of methoxy groups -OCH3 is 1. The normalized spacial score (nSPS) is 27.7. The summed E-state index contributed by atoms with van der Waals surface area (Å²) in [6.07, 6.45) is 4.24. The first kappa shape index (κ1) is 11.5. The van der Waals surface area contributed by atoms with Gasteiger partial charge in [-0.25, -0.2) is 0 Å². The highest BCUT2D eigenvalue weighted by Crippen LogP contribution is 2.25. The van der Waals surface area contributed by atoms with Crippen LogP contribution in [0, 0.1) is 5.92 Å². The monoisotopic (exact) mass is 199 g/mol. The van der Waals surface area contributed by atoms with E-state index in [1.165, 1.54) is 13.5 Å². The van der Waals surface area contributed by atoms with Crippen LogP contribution in [0.2, 0.25) is 0 Å². The Labute approximate surface area is 86.2 Å². The second kappa shape index (κ2) is 5.35. The van der Waals surface area contributed by atoms with Gasteiger partial charge in [-0.05, 0) is 19.3 Å². The summed E-state index contributed by atoms with van der Waals surface area (Å²) in [6.45, 7) is 4.28. The largest absolute Gasteiger partial charge is 0.469 e. The number of rotatable bonds is 3. The van der Waals surface area contributed by atoms with Crippen LogP contribution in [0.4, 0.5) is 0 Å². The SMILES string of the molecule is COC(=O)C1CCCC(NC(C)C)C1. The van der Waals surface area contributed by atoms with Crippen LogP contribution < -0.4 is 5.32 Å². The highest BCUT2D eigenvalue weighted by Gasteiger charge is 2.27. The highest BCUT2D eigenvalue weighted by molar-refractivity contribution is 5.72. The molecule has 2 unspecified atom stereocenters. The molecule has 1 N–H and O–H groups in total. The molecule has 0 amide bonds. The second-order valence-electron chi connectivity index (χ2n) is 4.40. The Kier molecular flexibility index (Phi) is 4.39. The topological polar surface area (TPSA) is 38.3 Å². The molecule has 1 fully saturated rings. The van der Waals surface area contributed by atoms with Gasteiger partial charge in [0.15, 0.2) is 0 Å². The minimum Gasteiger partial charge on any atom is -0.469 e. The van der Waals surface area contributed by atoms with E-state index in [0.717, 1.165) is 19.3 Å². The van der Waals surface area contributed by atoms with Crippen molar-refractivity contribution in [1.82, 2.24) is 5.32 Å². The average Bonchev–Trinajstić information content (AvgIpc) is 2.16. The van der Waals surface area contributed by atoms with E-state index in [4.69, 9.17) is 4.74 Å². The van der Waals surface area contributed by atoms with Gasteiger partial charge < -0.3 is 10.1 Å². The molecule has 14 heavy (non-hydrogen) atoms. The van der Waals surface area contributed by atoms with E-state index < -0.39 is 0 Å². The zero-order valence-electron chi connectivity index (χ0n) is 9.38. The van der Waals surface area contributed by atoms with Crippen LogP contribution in [0.1, 0.15) is 39.5 Å². The van der Waals surface area contributed by atoms with Crippen LogP contribution in [0.3, 0.4) is 0 Å². The Bertz CT molecular complexity index is 192.